The van der Waals surface area contributed by atoms with Gasteiger partial charge in [-0.15, -0.1) is 80.9 Å². The van der Waals surface area contributed by atoms with Crippen LogP contribution in [0.25, 0.3) is 0 Å². The van der Waals surface area contributed by atoms with Crippen LogP contribution in [0.3, 0.4) is 0 Å². The molecule has 0 amide bonds. The molecule has 0 unspecified atom stereocenters. The summed E-state index contributed by atoms with van der Waals surface area (Å²) in [4.78, 5) is 37.4. The Balaban J connectivity index is -0.000000920. The van der Waals surface area contributed by atoms with Crippen LogP contribution in [0.15, 0.2) is 189 Å². The fraction of sp³-hybridized carbons (Fsp3) is 0.115. The Kier molecular flexibility index (Phi) is 43.4. The number of benzene rings is 6. The molecule has 0 heterocycles. The topological polar surface area (TPSA) is 255 Å². The minimum atomic E-state index is -0.187. The average molecular weight is 1360 g/mol. The van der Waals surface area contributed by atoms with E-state index >= 15 is 0 Å². The Morgan fingerprint density at radius 2 is 0.563 bits per heavy atom. The number of nitrogens with zero attached hydrogens (tertiary/aromatic N) is 4. The van der Waals surface area contributed by atoms with Crippen molar-refractivity contribution in [3.05, 3.63) is 192 Å². The van der Waals surface area contributed by atoms with Crippen LogP contribution in [0.5, 0.6) is 23.0 Å². The van der Waals surface area contributed by atoms with Gasteiger partial charge in [0, 0.05) is 24.9 Å². The van der Waals surface area contributed by atoms with Gasteiger partial charge in [-0.05, 0) is 72.5 Å². The number of aliphatic imine (C=N–C) groups is 4. The maximum atomic E-state index is 11.7. The maximum absolute atomic E-state index is 11.7. The predicted molar refractivity (Wildman–Crippen MR) is 272 cm³/mol. The van der Waals surface area contributed by atoms with Crippen molar-refractivity contribution in [2.24, 2.45) is 20.0 Å². The van der Waals surface area contributed by atoms with Crippen molar-refractivity contribution in [1.29, 1.82) is 0 Å². The summed E-state index contributed by atoms with van der Waals surface area (Å²) in [5.74, 6) is -1.07. The van der Waals surface area contributed by atoms with Crippen molar-refractivity contribution < 1.29 is 140 Å². The second-order valence-electron chi connectivity index (χ2n) is 13.1. The fourth-order valence-corrected chi connectivity index (χ4v) is 4.84. The number of para-hydroxylation sites is 8. The summed E-state index contributed by atoms with van der Waals surface area (Å²) >= 11 is 19.1. The molecule has 13 nitrogen and oxygen atoms in total. The molecule has 6 aromatic carbocycles. The van der Waals surface area contributed by atoms with Crippen LogP contribution >= 0.6 is 46.4 Å². The second-order valence-corrected chi connectivity index (χ2v) is 14.7. The van der Waals surface area contributed by atoms with Crippen LogP contribution in [0, 0.1) is 93.8 Å². The number of hydrogen-bond acceptors (Lipinski definition) is 12. The molecule has 0 bridgehead atoms. The van der Waals surface area contributed by atoms with E-state index < -0.39 is 0 Å². The standard InChI is InChI=1S/2C20H16N2O2.2C5H8O2.2CH2Cl2.H2O.2Yb/c2*23-19-11-5-1-7-15(19)13-21-17-9-3-4-10-18(17)22-14-16-8-2-6-12-20(16)24;2*1-4(6)3-5(2)7;2*2-1-3;;;/h2*1-14,23-24H;2*3,6H,1-2H3;2*1H2;1H2;;/q;;;;;;;2*+3/p-5/b;;2*4-3-;;;;;. The molecule has 0 aliphatic carbocycles. The largest absolute Gasteiger partial charge is 3.00 e. The number of rotatable bonds is 10. The van der Waals surface area contributed by atoms with E-state index in [0.29, 0.717) is 45.0 Å². The first-order valence-corrected chi connectivity index (χ1v) is 22.0. The van der Waals surface area contributed by atoms with Crippen molar-refractivity contribution in [3.8, 4) is 23.0 Å². The summed E-state index contributed by atoms with van der Waals surface area (Å²) < 4.78 is 0. The Morgan fingerprint density at radius 1 is 0.394 bits per heavy atom. The normalized spacial score (nSPS) is 10.4. The van der Waals surface area contributed by atoms with E-state index in [-0.39, 0.29) is 156 Å². The van der Waals surface area contributed by atoms with E-state index in [9.17, 15) is 40.2 Å². The van der Waals surface area contributed by atoms with Gasteiger partial charge in [-0.2, -0.15) is 0 Å². The molecule has 386 valence electrons. The van der Waals surface area contributed by atoms with E-state index in [1.54, 1.807) is 97.1 Å². The number of ketones is 2. The van der Waals surface area contributed by atoms with Crippen LogP contribution < -0.4 is 30.6 Å². The zero-order chi connectivity index (χ0) is 50.7. The van der Waals surface area contributed by atoms with Crippen molar-refractivity contribution in [2.75, 3.05) is 10.7 Å². The molecule has 2 radical (unpaired) electrons. The number of carbonyl (C=O) groups excluding carboxylic acids is 2. The Morgan fingerprint density at radius 3 is 0.704 bits per heavy atom. The van der Waals surface area contributed by atoms with E-state index in [1.165, 1.54) is 76.8 Å². The van der Waals surface area contributed by atoms with Crippen LogP contribution in [0.2, 0.25) is 0 Å². The van der Waals surface area contributed by atoms with Crippen LogP contribution in [0.4, 0.5) is 22.7 Å². The van der Waals surface area contributed by atoms with Crippen LogP contribution in [-0.4, -0.2) is 47.1 Å². The number of halogens is 4. The number of allylic oxidation sites excluding steroid dienone is 4. The smallest absolute Gasteiger partial charge is 0.876 e. The zero-order valence-electron chi connectivity index (χ0n) is 38.4. The monoisotopic (exact) mass is 1360 g/mol. The summed E-state index contributed by atoms with van der Waals surface area (Å²) in [6.07, 6.45) is 8.22. The van der Waals surface area contributed by atoms with E-state index in [1.807, 2.05) is 24.3 Å². The van der Waals surface area contributed by atoms with Gasteiger partial charge in [0.05, 0.1) is 33.4 Å². The molecular weight excluding hydrogens is 1310 g/mol. The van der Waals surface area contributed by atoms with Gasteiger partial charge >= 0.3 is 93.8 Å². The molecule has 0 spiro atoms. The Bertz CT molecular complexity index is 2330. The van der Waals surface area contributed by atoms with Gasteiger partial charge in [-0.1, -0.05) is 135 Å². The molecule has 19 heteroatoms. The molecular formula is C52H49Cl4N4O9Yb2+. The average Bonchev–Trinajstić information content (AvgIpc) is 3.29. The summed E-state index contributed by atoms with van der Waals surface area (Å²) in [7, 11) is 0. The van der Waals surface area contributed by atoms with Gasteiger partial charge in [0.15, 0.2) is 11.6 Å². The van der Waals surface area contributed by atoms with Crippen molar-refractivity contribution in [1.82, 2.24) is 0 Å². The molecule has 0 aliphatic rings. The first-order chi connectivity index (χ1) is 32.6. The molecule has 0 saturated heterocycles. The van der Waals surface area contributed by atoms with E-state index in [0.717, 1.165) is 12.2 Å². The molecule has 0 fully saturated rings. The Hall–Kier alpha value is -4.22. The van der Waals surface area contributed by atoms with Crippen molar-refractivity contribution in [3.63, 3.8) is 0 Å². The molecule has 6 rings (SSSR count). The predicted octanol–water partition coefficient (Wildman–Crippen LogP) is 8.27. The molecule has 71 heavy (non-hydrogen) atoms. The molecule has 0 aromatic heterocycles. The van der Waals surface area contributed by atoms with Gasteiger partial charge in [-0.3, -0.25) is 29.6 Å². The Labute approximate surface area is 511 Å². The SMILES string of the molecule is CC(=O)/C=C(/C)[O-].CC(=O)/C=C(/C)[O-].ClCCl.ClCCl.[O-]c1ccccc1C=Nc1ccccc1N=Cc1ccccc1[O-].[O-]c1ccccc1C=Nc1ccccc1N=Cc1ccccc1[O-].[OH3+].[Yb+3].[Yb+3]. The van der Waals surface area contributed by atoms with Gasteiger partial charge in [0.25, 0.3) is 0 Å². The third-order valence-corrected chi connectivity index (χ3v) is 7.62. The van der Waals surface area contributed by atoms with Crippen LogP contribution in [-0.2, 0) is 15.1 Å². The van der Waals surface area contributed by atoms with Gasteiger partial charge in [-0.25, -0.2) is 0 Å². The second kappa shape index (κ2) is 43.4. The minimum absolute atomic E-state index is 0. The van der Waals surface area contributed by atoms with Crippen LogP contribution in [0.1, 0.15) is 49.9 Å². The number of carbonyl (C=O) groups is 2. The summed E-state index contributed by atoms with van der Waals surface area (Å²) in [6, 6.07) is 41.4. The molecule has 0 saturated carbocycles. The maximum Gasteiger partial charge on any atom is 3.00 e. The summed E-state index contributed by atoms with van der Waals surface area (Å²) in [5.41, 5.74) is 4.56. The first kappa shape index (κ1) is 71.0. The summed E-state index contributed by atoms with van der Waals surface area (Å²) in [6.45, 7) is 5.39. The molecule has 3 N–H and O–H groups in total. The fourth-order valence-electron chi connectivity index (χ4n) is 4.84. The zero-order valence-corrected chi connectivity index (χ0v) is 44.9. The third-order valence-electron chi connectivity index (χ3n) is 7.62. The number of hydrogen-bond donors (Lipinski definition) is 0. The molecule has 6 aromatic rings. The van der Waals surface area contributed by atoms with E-state index in [4.69, 9.17) is 46.4 Å². The minimum Gasteiger partial charge on any atom is -0.876 e. The van der Waals surface area contributed by atoms with E-state index in [2.05, 4.69) is 20.0 Å². The van der Waals surface area contributed by atoms with Gasteiger partial charge < -0.3 is 36.1 Å². The first-order valence-electron chi connectivity index (χ1n) is 19.9. The molecule has 0 atom stereocenters. The van der Waals surface area contributed by atoms with Crippen molar-refractivity contribution >= 4 is 106 Å². The third kappa shape index (κ3) is 33.2. The molecule has 0 aliphatic heterocycles. The van der Waals surface area contributed by atoms with Gasteiger partial charge in [0.2, 0.25) is 0 Å². The summed E-state index contributed by atoms with van der Waals surface area (Å²) in [5, 5.41) is 67.2. The quantitative estimate of drug-likeness (QED) is 0.0423. The number of alkyl halides is 4. The van der Waals surface area contributed by atoms with Crippen molar-refractivity contribution in [2.45, 2.75) is 27.7 Å². The van der Waals surface area contributed by atoms with Gasteiger partial charge in [0.1, 0.15) is 0 Å².